The first-order valence-corrected chi connectivity index (χ1v) is 9.90. The molecule has 7 heteroatoms. The molecule has 0 bridgehead atoms. The summed E-state index contributed by atoms with van der Waals surface area (Å²) in [5, 5.41) is 3.43. The number of carbonyl (C=O) groups excluding carboxylic acids is 2. The second-order valence-corrected chi connectivity index (χ2v) is 7.02. The summed E-state index contributed by atoms with van der Waals surface area (Å²) in [5.41, 5.74) is 0.890. The van der Waals surface area contributed by atoms with E-state index >= 15 is 0 Å². The molecule has 0 spiro atoms. The highest BCUT2D eigenvalue weighted by molar-refractivity contribution is 6.30. The molecule has 0 aliphatic rings. The van der Waals surface area contributed by atoms with E-state index in [9.17, 15) is 9.59 Å². The smallest absolute Gasteiger partial charge is 0.261 e. The molecule has 0 heterocycles. The van der Waals surface area contributed by atoms with Crippen LogP contribution >= 0.6 is 11.6 Å². The van der Waals surface area contributed by atoms with E-state index in [4.69, 9.17) is 21.1 Å². The Kier molecular flexibility index (Phi) is 8.80. The number of nitrogens with zero attached hydrogens (tertiary/aromatic N) is 1. The second-order valence-electron chi connectivity index (χ2n) is 6.58. The van der Waals surface area contributed by atoms with Crippen molar-refractivity contribution in [3.05, 3.63) is 59.1 Å². The van der Waals surface area contributed by atoms with Crippen LogP contribution in [0.2, 0.25) is 5.02 Å². The summed E-state index contributed by atoms with van der Waals surface area (Å²) in [6, 6.07) is 13.5. The number of hydrogen-bond acceptors (Lipinski definition) is 4. The molecule has 0 aliphatic heterocycles. The summed E-state index contributed by atoms with van der Waals surface area (Å²) < 4.78 is 10.8. The Hall–Kier alpha value is -2.73. The average molecular weight is 419 g/mol. The Balaban J connectivity index is 2.11. The highest BCUT2D eigenvalue weighted by atomic mass is 35.5. The normalized spacial score (nSPS) is 11.4. The van der Waals surface area contributed by atoms with Crippen LogP contribution in [0.1, 0.15) is 25.8 Å². The Morgan fingerprint density at radius 1 is 1.07 bits per heavy atom. The van der Waals surface area contributed by atoms with E-state index in [2.05, 4.69) is 5.32 Å². The third kappa shape index (κ3) is 6.98. The lowest BCUT2D eigenvalue weighted by molar-refractivity contribution is -0.142. The van der Waals surface area contributed by atoms with Crippen molar-refractivity contribution in [2.75, 3.05) is 20.3 Å². The van der Waals surface area contributed by atoms with Crippen molar-refractivity contribution >= 4 is 23.4 Å². The van der Waals surface area contributed by atoms with Crippen molar-refractivity contribution in [1.82, 2.24) is 10.2 Å². The minimum atomic E-state index is -0.634. The summed E-state index contributed by atoms with van der Waals surface area (Å²) in [6.07, 6.45) is 0.824. The second kappa shape index (κ2) is 11.3. The van der Waals surface area contributed by atoms with Crippen LogP contribution in [0.15, 0.2) is 48.5 Å². The largest absolute Gasteiger partial charge is 0.497 e. The van der Waals surface area contributed by atoms with Gasteiger partial charge in [0, 0.05) is 18.1 Å². The van der Waals surface area contributed by atoms with E-state index in [0.29, 0.717) is 17.3 Å². The van der Waals surface area contributed by atoms with Gasteiger partial charge in [-0.05, 0) is 55.3 Å². The number of carbonyl (C=O) groups is 2. The minimum Gasteiger partial charge on any atom is -0.497 e. The third-order valence-electron chi connectivity index (χ3n) is 4.40. The van der Waals surface area contributed by atoms with Crippen LogP contribution in [0, 0.1) is 0 Å². The number of halogens is 1. The van der Waals surface area contributed by atoms with Crippen LogP contribution < -0.4 is 14.8 Å². The number of amides is 2. The fourth-order valence-corrected chi connectivity index (χ4v) is 2.79. The first kappa shape index (κ1) is 22.6. The van der Waals surface area contributed by atoms with E-state index < -0.39 is 6.04 Å². The number of methoxy groups -OCH3 is 1. The molecular weight excluding hydrogens is 392 g/mol. The predicted molar refractivity (Wildman–Crippen MR) is 113 cm³/mol. The molecule has 29 heavy (non-hydrogen) atoms. The molecule has 0 saturated carbocycles. The van der Waals surface area contributed by atoms with E-state index in [1.54, 1.807) is 38.3 Å². The Bertz CT molecular complexity index is 793. The lowest BCUT2D eigenvalue weighted by Gasteiger charge is -2.28. The lowest BCUT2D eigenvalue weighted by atomic mass is 10.1. The Morgan fingerprint density at radius 2 is 1.69 bits per heavy atom. The summed E-state index contributed by atoms with van der Waals surface area (Å²) in [4.78, 5) is 26.9. The molecule has 0 aliphatic carbocycles. The zero-order valence-corrected chi connectivity index (χ0v) is 17.7. The molecule has 2 rings (SSSR count). The fraction of sp³-hybridized carbons (Fsp3) is 0.364. The van der Waals surface area contributed by atoms with Crippen LogP contribution in [0.3, 0.4) is 0 Å². The molecule has 6 nitrogen and oxygen atoms in total. The van der Waals surface area contributed by atoms with Gasteiger partial charge in [-0.1, -0.05) is 30.7 Å². The van der Waals surface area contributed by atoms with Gasteiger partial charge in [0.05, 0.1) is 7.11 Å². The highest BCUT2D eigenvalue weighted by Gasteiger charge is 2.26. The van der Waals surface area contributed by atoms with Crippen molar-refractivity contribution in [3.63, 3.8) is 0 Å². The van der Waals surface area contributed by atoms with Gasteiger partial charge in [-0.3, -0.25) is 9.59 Å². The van der Waals surface area contributed by atoms with Crippen molar-refractivity contribution in [3.8, 4) is 11.5 Å². The van der Waals surface area contributed by atoms with Crippen LogP contribution in [-0.2, 0) is 16.1 Å². The van der Waals surface area contributed by atoms with Crippen molar-refractivity contribution < 1.29 is 19.1 Å². The van der Waals surface area contributed by atoms with Gasteiger partial charge >= 0.3 is 0 Å². The monoisotopic (exact) mass is 418 g/mol. The predicted octanol–water partition coefficient (Wildman–Crippen LogP) is 3.67. The molecule has 0 radical (unpaired) electrons. The standard InChI is InChI=1S/C22H27ClN2O4/c1-4-13-24-22(27)16(2)25(14-17-5-9-19(28-3)10-6-17)21(26)15-29-20-11-7-18(23)8-12-20/h5-12,16H,4,13-15H2,1-3H3,(H,24,27)/t16-/m0/s1. The SMILES string of the molecule is CCCNC(=O)[C@H](C)N(Cc1ccc(OC)cc1)C(=O)COc1ccc(Cl)cc1. The summed E-state index contributed by atoms with van der Waals surface area (Å²) in [6.45, 7) is 4.37. The van der Waals surface area contributed by atoms with E-state index in [0.717, 1.165) is 17.7 Å². The first-order valence-electron chi connectivity index (χ1n) is 9.53. The topological polar surface area (TPSA) is 67.9 Å². The maximum Gasteiger partial charge on any atom is 0.261 e. The summed E-state index contributed by atoms with van der Waals surface area (Å²) in [5.74, 6) is 0.789. The molecule has 0 saturated heterocycles. The molecule has 0 fully saturated rings. The van der Waals surface area contributed by atoms with Gasteiger partial charge in [0.1, 0.15) is 17.5 Å². The zero-order valence-electron chi connectivity index (χ0n) is 17.0. The number of rotatable bonds is 10. The highest BCUT2D eigenvalue weighted by Crippen LogP contribution is 2.17. The number of benzene rings is 2. The molecule has 2 aromatic carbocycles. The molecule has 1 N–H and O–H groups in total. The Labute approximate surface area is 176 Å². The Morgan fingerprint density at radius 3 is 2.28 bits per heavy atom. The molecule has 156 valence electrons. The average Bonchev–Trinajstić information content (AvgIpc) is 2.75. The maximum absolute atomic E-state index is 12.9. The van der Waals surface area contributed by atoms with Gasteiger partial charge in [0.25, 0.3) is 5.91 Å². The molecule has 2 aromatic rings. The summed E-state index contributed by atoms with van der Waals surface area (Å²) >= 11 is 5.87. The number of ether oxygens (including phenoxy) is 2. The van der Waals surface area contributed by atoms with E-state index in [1.165, 1.54) is 4.90 Å². The maximum atomic E-state index is 12.9. The van der Waals surface area contributed by atoms with Crippen molar-refractivity contribution in [2.45, 2.75) is 32.9 Å². The third-order valence-corrected chi connectivity index (χ3v) is 4.66. The molecule has 2 amide bonds. The van der Waals surface area contributed by atoms with Gasteiger partial charge in [-0.2, -0.15) is 0 Å². The van der Waals surface area contributed by atoms with Crippen LogP contribution in [-0.4, -0.2) is 43.0 Å². The molecule has 1 atom stereocenters. The van der Waals surface area contributed by atoms with Crippen LogP contribution in [0.4, 0.5) is 0 Å². The lowest BCUT2D eigenvalue weighted by Crippen LogP contribution is -2.49. The summed E-state index contributed by atoms with van der Waals surface area (Å²) in [7, 11) is 1.60. The fourth-order valence-electron chi connectivity index (χ4n) is 2.66. The zero-order chi connectivity index (χ0) is 21.2. The van der Waals surface area contributed by atoms with E-state index in [1.807, 2.05) is 31.2 Å². The van der Waals surface area contributed by atoms with E-state index in [-0.39, 0.29) is 25.0 Å². The number of nitrogens with one attached hydrogen (secondary N) is 1. The van der Waals surface area contributed by atoms with Crippen molar-refractivity contribution in [1.29, 1.82) is 0 Å². The minimum absolute atomic E-state index is 0.177. The van der Waals surface area contributed by atoms with Gasteiger partial charge < -0.3 is 19.7 Å². The van der Waals surface area contributed by atoms with Gasteiger partial charge in [-0.25, -0.2) is 0 Å². The van der Waals surface area contributed by atoms with Gasteiger partial charge in [0.15, 0.2) is 6.61 Å². The van der Waals surface area contributed by atoms with Gasteiger partial charge in [0.2, 0.25) is 5.91 Å². The number of hydrogen-bond donors (Lipinski definition) is 1. The quantitative estimate of drug-likeness (QED) is 0.639. The molecule has 0 aromatic heterocycles. The molecular formula is C22H27ClN2O4. The van der Waals surface area contributed by atoms with Gasteiger partial charge in [-0.15, -0.1) is 0 Å². The first-order chi connectivity index (χ1) is 13.9. The van der Waals surface area contributed by atoms with Crippen LogP contribution in [0.25, 0.3) is 0 Å². The molecule has 0 unspecified atom stereocenters. The van der Waals surface area contributed by atoms with Crippen molar-refractivity contribution in [2.24, 2.45) is 0 Å². The van der Waals surface area contributed by atoms with Crippen LogP contribution in [0.5, 0.6) is 11.5 Å².